The predicted octanol–water partition coefficient (Wildman–Crippen LogP) is 2.36. The molecule has 2 fully saturated rings. The Bertz CT molecular complexity index is 274. The SMILES string of the molecule is CC1(C)CCC(=O)CC1C(=O)C1CC1. The van der Waals surface area contributed by atoms with Crippen molar-refractivity contribution in [2.24, 2.45) is 17.3 Å². The minimum absolute atomic E-state index is 0.0104. The Morgan fingerprint density at radius 3 is 2.57 bits per heavy atom. The molecule has 0 radical (unpaired) electrons. The van der Waals surface area contributed by atoms with Crippen molar-refractivity contribution in [1.29, 1.82) is 0 Å². The minimum atomic E-state index is 0.0104. The first kappa shape index (κ1) is 9.88. The molecule has 2 aliphatic rings. The van der Waals surface area contributed by atoms with Gasteiger partial charge in [-0.2, -0.15) is 0 Å². The van der Waals surface area contributed by atoms with Crippen molar-refractivity contribution < 1.29 is 9.59 Å². The summed E-state index contributed by atoms with van der Waals surface area (Å²) >= 11 is 0. The lowest BCUT2D eigenvalue weighted by Gasteiger charge is -2.36. The molecule has 2 heteroatoms. The van der Waals surface area contributed by atoms with Gasteiger partial charge in [0.05, 0.1) is 0 Å². The van der Waals surface area contributed by atoms with Crippen molar-refractivity contribution in [2.75, 3.05) is 0 Å². The van der Waals surface area contributed by atoms with Crippen LogP contribution in [0.4, 0.5) is 0 Å². The van der Waals surface area contributed by atoms with Crippen molar-refractivity contribution >= 4 is 11.6 Å². The summed E-state index contributed by atoms with van der Waals surface area (Å²) in [6.07, 6.45) is 4.16. The molecule has 1 unspecified atom stereocenters. The van der Waals surface area contributed by atoms with Gasteiger partial charge in [-0.3, -0.25) is 9.59 Å². The Kier molecular flexibility index (Phi) is 2.24. The van der Waals surface area contributed by atoms with Crippen LogP contribution in [0.3, 0.4) is 0 Å². The van der Waals surface area contributed by atoms with E-state index in [1.807, 2.05) is 0 Å². The number of carbonyl (C=O) groups is 2. The highest BCUT2D eigenvalue weighted by Crippen LogP contribution is 2.44. The molecule has 0 aliphatic heterocycles. The number of carbonyl (C=O) groups excluding carboxylic acids is 2. The third-order valence-electron chi connectivity index (χ3n) is 3.75. The smallest absolute Gasteiger partial charge is 0.140 e. The summed E-state index contributed by atoms with van der Waals surface area (Å²) in [5.41, 5.74) is 0.0492. The average Bonchev–Trinajstić information content (AvgIpc) is 2.91. The lowest BCUT2D eigenvalue weighted by molar-refractivity contribution is -0.136. The zero-order chi connectivity index (χ0) is 10.3. The third kappa shape index (κ3) is 1.75. The van der Waals surface area contributed by atoms with E-state index in [0.29, 0.717) is 24.5 Å². The molecule has 78 valence electrons. The third-order valence-corrected chi connectivity index (χ3v) is 3.75. The number of ketones is 2. The van der Waals surface area contributed by atoms with Crippen molar-refractivity contribution in [3.8, 4) is 0 Å². The summed E-state index contributed by atoms with van der Waals surface area (Å²) < 4.78 is 0. The summed E-state index contributed by atoms with van der Waals surface area (Å²) in [4.78, 5) is 23.3. The van der Waals surface area contributed by atoms with Gasteiger partial charge in [0.15, 0.2) is 0 Å². The van der Waals surface area contributed by atoms with Crippen molar-refractivity contribution in [3.05, 3.63) is 0 Å². The fourth-order valence-electron chi connectivity index (χ4n) is 2.38. The largest absolute Gasteiger partial charge is 0.300 e. The van der Waals surface area contributed by atoms with E-state index in [9.17, 15) is 9.59 Å². The van der Waals surface area contributed by atoms with E-state index in [1.54, 1.807) is 0 Å². The van der Waals surface area contributed by atoms with E-state index >= 15 is 0 Å². The fraction of sp³-hybridized carbons (Fsp3) is 0.833. The van der Waals surface area contributed by atoms with Crippen molar-refractivity contribution in [2.45, 2.75) is 46.0 Å². The zero-order valence-electron chi connectivity index (χ0n) is 9.01. The lowest BCUT2D eigenvalue weighted by atomic mass is 9.66. The maximum Gasteiger partial charge on any atom is 0.140 e. The molecule has 1 atom stereocenters. The molecule has 2 saturated carbocycles. The Balaban J connectivity index is 2.12. The quantitative estimate of drug-likeness (QED) is 0.676. The van der Waals surface area contributed by atoms with E-state index in [1.165, 1.54) is 0 Å². The van der Waals surface area contributed by atoms with Crippen LogP contribution in [0, 0.1) is 17.3 Å². The van der Waals surface area contributed by atoms with E-state index < -0.39 is 0 Å². The molecule has 0 amide bonds. The second-order valence-electron chi connectivity index (χ2n) is 5.46. The van der Waals surface area contributed by atoms with Gasteiger partial charge in [0.2, 0.25) is 0 Å². The Morgan fingerprint density at radius 1 is 1.36 bits per heavy atom. The summed E-state index contributed by atoms with van der Waals surface area (Å²) in [7, 11) is 0. The molecule has 2 rings (SSSR count). The van der Waals surface area contributed by atoms with Gasteiger partial charge in [-0.15, -0.1) is 0 Å². The number of hydrogen-bond donors (Lipinski definition) is 0. The monoisotopic (exact) mass is 194 g/mol. The van der Waals surface area contributed by atoms with Gasteiger partial charge < -0.3 is 0 Å². The fourth-order valence-corrected chi connectivity index (χ4v) is 2.38. The van der Waals surface area contributed by atoms with Crippen LogP contribution in [0.15, 0.2) is 0 Å². The number of rotatable bonds is 2. The topological polar surface area (TPSA) is 34.1 Å². The maximum atomic E-state index is 12.0. The van der Waals surface area contributed by atoms with Crippen molar-refractivity contribution in [3.63, 3.8) is 0 Å². The molecule has 0 aromatic rings. The maximum absolute atomic E-state index is 12.0. The van der Waals surface area contributed by atoms with E-state index in [0.717, 1.165) is 19.3 Å². The lowest BCUT2D eigenvalue weighted by Crippen LogP contribution is -2.38. The molecule has 0 aromatic carbocycles. The van der Waals surface area contributed by atoms with E-state index in [-0.39, 0.29) is 17.1 Å². The highest BCUT2D eigenvalue weighted by Gasteiger charge is 2.44. The van der Waals surface area contributed by atoms with Crippen LogP contribution in [-0.2, 0) is 9.59 Å². The van der Waals surface area contributed by atoms with Gasteiger partial charge in [0.1, 0.15) is 11.6 Å². The molecule has 2 aliphatic carbocycles. The second kappa shape index (κ2) is 3.18. The summed E-state index contributed by atoms with van der Waals surface area (Å²) in [5, 5.41) is 0. The molecule has 0 bridgehead atoms. The van der Waals surface area contributed by atoms with Gasteiger partial charge in [0.25, 0.3) is 0 Å². The highest BCUT2D eigenvalue weighted by molar-refractivity contribution is 5.92. The first-order valence-corrected chi connectivity index (χ1v) is 5.56. The Labute approximate surface area is 85.1 Å². The molecule has 0 saturated heterocycles. The van der Waals surface area contributed by atoms with Crippen LogP contribution >= 0.6 is 0 Å². The Morgan fingerprint density at radius 2 is 2.00 bits per heavy atom. The van der Waals surface area contributed by atoms with Crippen LogP contribution in [0.25, 0.3) is 0 Å². The summed E-state index contributed by atoms with van der Waals surface area (Å²) in [5.74, 6) is 0.952. The van der Waals surface area contributed by atoms with Gasteiger partial charge in [0, 0.05) is 24.7 Å². The van der Waals surface area contributed by atoms with Crippen LogP contribution < -0.4 is 0 Å². The normalized spacial score (nSPS) is 31.6. The molecular formula is C12H18O2. The van der Waals surface area contributed by atoms with Gasteiger partial charge in [-0.1, -0.05) is 13.8 Å². The van der Waals surface area contributed by atoms with Gasteiger partial charge in [-0.05, 0) is 24.7 Å². The minimum Gasteiger partial charge on any atom is -0.300 e. The summed E-state index contributed by atoms with van der Waals surface area (Å²) in [6, 6.07) is 0. The number of Topliss-reactive ketones (excluding diaryl/α,β-unsaturated/α-hetero) is 2. The van der Waals surface area contributed by atoms with E-state index in [4.69, 9.17) is 0 Å². The van der Waals surface area contributed by atoms with Crippen LogP contribution in [-0.4, -0.2) is 11.6 Å². The standard InChI is InChI=1S/C12H18O2/c1-12(2)6-5-9(13)7-10(12)11(14)8-3-4-8/h8,10H,3-7H2,1-2H3. The first-order chi connectivity index (χ1) is 6.50. The van der Waals surface area contributed by atoms with Gasteiger partial charge in [-0.25, -0.2) is 0 Å². The molecule has 0 heterocycles. The Hall–Kier alpha value is -0.660. The van der Waals surface area contributed by atoms with E-state index in [2.05, 4.69) is 13.8 Å². The average molecular weight is 194 g/mol. The molecule has 0 N–H and O–H groups in total. The van der Waals surface area contributed by atoms with Crippen LogP contribution in [0.2, 0.25) is 0 Å². The van der Waals surface area contributed by atoms with Crippen LogP contribution in [0.1, 0.15) is 46.0 Å². The molecular weight excluding hydrogens is 176 g/mol. The van der Waals surface area contributed by atoms with Crippen molar-refractivity contribution in [1.82, 2.24) is 0 Å². The molecule has 0 aromatic heterocycles. The highest BCUT2D eigenvalue weighted by atomic mass is 16.1. The predicted molar refractivity (Wildman–Crippen MR) is 53.9 cm³/mol. The first-order valence-electron chi connectivity index (χ1n) is 5.56. The molecule has 14 heavy (non-hydrogen) atoms. The number of hydrogen-bond acceptors (Lipinski definition) is 2. The molecule has 0 spiro atoms. The van der Waals surface area contributed by atoms with Crippen LogP contribution in [0.5, 0.6) is 0 Å². The second-order valence-corrected chi connectivity index (χ2v) is 5.46. The molecule has 2 nitrogen and oxygen atoms in total. The summed E-state index contributed by atoms with van der Waals surface area (Å²) in [6.45, 7) is 4.26. The zero-order valence-corrected chi connectivity index (χ0v) is 9.01. The van der Waals surface area contributed by atoms with Gasteiger partial charge >= 0.3 is 0 Å².